The van der Waals surface area contributed by atoms with Gasteiger partial charge in [0.15, 0.2) is 0 Å². The Morgan fingerprint density at radius 3 is 2.93 bits per heavy atom. The summed E-state index contributed by atoms with van der Waals surface area (Å²) >= 11 is 0. The molecular formula is C23H29N3O4. The SMILES string of the molecule is CC(=O)N[C@@H]1CC[C@H]2[C@H]3Cc4c(O)cc(NC=O)c5c4[C@@]2(CCN3CC2CC2)[C@H]1O5. The fraction of sp³-hybridized carbons (Fsp3) is 0.652. The predicted molar refractivity (Wildman–Crippen MR) is 111 cm³/mol. The number of carbonyl (C=O) groups is 2. The van der Waals surface area contributed by atoms with Gasteiger partial charge in [-0.05, 0) is 56.9 Å². The largest absolute Gasteiger partial charge is 0.508 e. The highest BCUT2D eigenvalue weighted by atomic mass is 16.5. The van der Waals surface area contributed by atoms with Crippen LogP contribution in [0, 0.1) is 11.8 Å². The number of nitrogens with one attached hydrogen (secondary N) is 2. The summed E-state index contributed by atoms with van der Waals surface area (Å²) in [5.41, 5.74) is 2.40. The highest BCUT2D eigenvalue weighted by molar-refractivity contribution is 5.81. The van der Waals surface area contributed by atoms with E-state index < -0.39 is 0 Å². The number of piperidine rings is 1. The minimum atomic E-state index is -0.211. The number of phenolic OH excluding ortho intramolecular Hbond substituents is 1. The minimum Gasteiger partial charge on any atom is -0.508 e. The van der Waals surface area contributed by atoms with Crippen LogP contribution >= 0.6 is 0 Å². The van der Waals surface area contributed by atoms with Gasteiger partial charge in [-0.3, -0.25) is 14.5 Å². The van der Waals surface area contributed by atoms with Gasteiger partial charge >= 0.3 is 0 Å². The number of ether oxygens (including phenoxy) is 1. The van der Waals surface area contributed by atoms with Gasteiger partial charge in [-0.2, -0.15) is 0 Å². The average Bonchev–Trinajstić information content (AvgIpc) is 3.45. The van der Waals surface area contributed by atoms with E-state index in [-0.39, 0.29) is 29.2 Å². The number of amides is 2. The summed E-state index contributed by atoms with van der Waals surface area (Å²) in [6.45, 7) is 3.74. The Morgan fingerprint density at radius 2 is 2.20 bits per heavy atom. The topological polar surface area (TPSA) is 90.9 Å². The van der Waals surface area contributed by atoms with E-state index in [1.54, 1.807) is 13.0 Å². The van der Waals surface area contributed by atoms with Crippen molar-refractivity contribution in [2.45, 2.75) is 69.1 Å². The zero-order chi connectivity index (χ0) is 20.6. The standard InChI is InChI=1S/C23H29N3O4/c1-12(28)25-16-5-4-15-18-8-14-19(29)9-17(24-11-27)21-20(14)23(15,22(16)30-21)6-7-26(18)10-13-2-3-13/h9,11,13,15-16,18,22,29H,2-8,10H2,1H3,(H,24,27)(H,25,28)/t15-,16+,18+,22-,23-/m0/s1. The number of nitrogens with zero attached hydrogens (tertiary/aromatic N) is 1. The third kappa shape index (κ3) is 2.41. The van der Waals surface area contributed by atoms with Crippen LogP contribution in [0.15, 0.2) is 6.07 Å². The molecule has 1 aromatic carbocycles. The highest BCUT2D eigenvalue weighted by Crippen LogP contribution is 2.65. The van der Waals surface area contributed by atoms with E-state index in [1.807, 2.05) is 0 Å². The van der Waals surface area contributed by atoms with Crippen LogP contribution in [0.5, 0.6) is 11.5 Å². The van der Waals surface area contributed by atoms with E-state index in [2.05, 4.69) is 15.5 Å². The highest BCUT2D eigenvalue weighted by Gasteiger charge is 2.66. The molecule has 6 rings (SSSR count). The normalized spacial score (nSPS) is 35.9. The molecule has 2 saturated carbocycles. The molecule has 1 saturated heterocycles. The fourth-order valence-corrected chi connectivity index (χ4v) is 7.15. The van der Waals surface area contributed by atoms with Crippen molar-refractivity contribution < 1.29 is 19.4 Å². The van der Waals surface area contributed by atoms with Crippen LogP contribution in [0.3, 0.4) is 0 Å². The van der Waals surface area contributed by atoms with E-state index in [9.17, 15) is 14.7 Å². The molecular weight excluding hydrogens is 382 g/mol. The summed E-state index contributed by atoms with van der Waals surface area (Å²) in [6.07, 6.45) is 6.88. The second kappa shape index (κ2) is 6.36. The Bertz CT molecular complexity index is 930. The Labute approximate surface area is 176 Å². The van der Waals surface area contributed by atoms with Crippen LogP contribution in [0.4, 0.5) is 5.69 Å². The van der Waals surface area contributed by atoms with Crippen molar-refractivity contribution in [3.8, 4) is 11.5 Å². The van der Waals surface area contributed by atoms with E-state index in [4.69, 9.17) is 4.74 Å². The number of likely N-dealkylation sites (tertiary alicyclic amines) is 1. The minimum absolute atomic E-state index is 0.0396. The molecule has 30 heavy (non-hydrogen) atoms. The van der Waals surface area contributed by atoms with Gasteiger partial charge < -0.3 is 20.5 Å². The first-order chi connectivity index (χ1) is 14.5. The van der Waals surface area contributed by atoms with E-state index in [0.29, 0.717) is 29.8 Å². The third-order valence-corrected chi connectivity index (χ3v) is 8.35. The maximum absolute atomic E-state index is 11.9. The van der Waals surface area contributed by atoms with E-state index in [0.717, 1.165) is 55.8 Å². The molecule has 0 unspecified atom stereocenters. The number of carbonyl (C=O) groups excluding carboxylic acids is 2. The molecule has 5 aliphatic rings. The molecule has 2 amide bonds. The van der Waals surface area contributed by atoms with Crippen LogP contribution in [-0.2, 0) is 21.4 Å². The van der Waals surface area contributed by atoms with Crippen molar-refractivity contribution in [3.05, 3.63) is 17.2 Å². The monoisotopic (exact) mass is 411 g/mol. The van der Waals surface area contributed by atoms with Crippen LogP contribution in [0.2, 0.25) is 0 Å². The van der Waals surface area contributed by atoms with Crippen LogP contribution in [0.1, 0.15) is 50.2 Å². The van der Waals surface area contributed by atoms with E-state index in [1.165, 1.54) is 12.8 Å². The van der Waals surface area contributed by atoms with Crippen molar-refractivity contribution in [2.75, 3.05) is 18.4 Å². The molecule has 160 valence electrons. The van der Waals surface area contributed by atoms with Gasteiger partial charge in [0, 0.05) is 42.1 Å². The lowest BCUT2D eigenvalue weighted by atomic mass is 9.51. The lowest BCUT2D eigenvalue weighted by Crippen LogP contribution is -2.68. The van der Waals surface area contributed by atoms with Gasteiger partial charge in [-0.15, -0.1) is 0 Å². The van der Waals surface area contributed by atoms with Gasteiger partial charge in [-0.25, -0.2) is 0 Å². The molecule has 1 aromatic rings. The number of benzene rings is 1. The van der Waals surface area contributed by atoms with Gasteiger partial charge in [0.1, 0.15) is 17.6 Å². The van der Waals surface area contributed by atoms with Crippen molar-refractivity contribution in [3.63, 3.8) is 0 Å². The summed E-state index contributed by atoms with van der Waals surface area (Å²) < 4.78 is 6.59. The Balaban J connectivity index is 1.51. The summed E-state index contributed by atoms with van der Waals surface area (Å²) in [7, 11) is 0. The molecule has 0 aromatic heterocycles. The second-order valence-corrected chi connectivity index (χ2v) is 9.92. The first-order valence-electron chi connectivity index (χ1n) is 11.3. The second-order valence-electron chi connectivity index (χ2n) is 9.92. The first-order valence-corrected chi connectivity index (χ1v) is 11.3. The molecule has 2 heterocycles. The zero-order valence-electron chi connectivity index (χ0n) is 17.3. The van der Waals surface area contributed by atoms with E-state index >= 15 is 0 Å². The maximum Gasteiger partial charge on any atom is 0.217 e. The smallest absolute Gasteiger partial charge is 0.217 e. The fourth-order valence-electron chi connectivity index (χ4n) is 7.15. The zero-order valence-corrected chi connectivity index (χ0v) is 17.3. The number of aromatic hydroxyl groups is 1. The number of hydrogen-bond acceptors (Lipinski definition) is 5. The number of hydrogen-bond donors (Lipinski definition) is 3. The molecule has 0 radical (unpaired) electrons. The molecule has 3 aliphatic carbocycles. The van der Waals surface area contributed by atoms with Crippen molar-refractivity contribution >= 4 is 18.0 Å². The summed E-state index contributed by atoms with van der Waals surface area (Å²) in [6, 6.07) is 1.97. The molecule has 2 bridgehead atoms. The third-order valence-electron chi connectivity index (χ3n) is 8.35. The Morgan fingerprint density at radius 1 is 1.37 bits per heavy atom. The maximum atomic E-state index is 11.9. The average molecular weight is 412 g/mol. The summed E-state index contributed by atoms with van der Waals surface area (Å²) in [4.78, 5) is 25.8. The number of rotatable bonds is 5. The first kappa shape index (κ1) is 18.5. The van der Waals surface area contributed by atoms with Gasteiger partial charge in [0.05, 0.1) is 11.7 Å². The van der Waals surface area contributed by atoms with Crippen molar-refractivity contribution in [2.24, 2.45) is 11.8 Å². The van der Waals surface area contributed by atoms with Crippen LogP contribution in [0.25, 0.3) is 0 Å². The van der Waals surface area contributed by atoms with Crippen molar-refractivity contribution in [1.29, 1.82) is 0 Å². The Kier molecular flexibility index (Phi) is 3.92. The lowest BCUT2D eigenvalue weighted by Gasteiger charge is -2.59. The predicted octanol–water partition coefficient (Wildman–Crippen LogP) is 1.91. The Hall–Kier alpha value is -2.28. The van der Waals surface area contributed by atoms with Crippen LogP contribution in [-0.4, -0.2) is 53.6 Å². The van der Waals surface area contributed by atoms with Gasteiger partial charge in [-0.1, -0.05) is 0 Å². The quantitative estimate of drug-likeness (QED) is 0.644. The number of phenols is 1. The van der Waals surface area contributed by atoms with Crippen molar-refractivity contribution in [1.82, 2.24) is 10.2 Å². The van der Waals surface area contributed by atoms with Crippen LogP contribution < -0.4 is 15.4 Å². The molecule has 3 N–H and O–H groups in total. The molecule has 7 heteroatoms. The van der Waals surface area contributed by atoms with Gasteiger partial charge in [0.2, 0.25) is 12.3 Å². The molecule has 1 spiro atoms. The molecule has 5 atom stereocenters. The summed E-state index contributed by atoms with van der Waals surface area (Å²) in [5.74, 6) is 2.19. The molecule has 2 aliphatic heterocycles. The van der Waals surface area contributed by atoms with Gasteiger partial charge in [0.25, 0.3) is 0 Å². The lowest BCUT2D eigenvalue weighted by molar-refractivity contribution is -0.122. The molecule has 3 fully saturated rings. The molecule has 7 nitrogen and oxygen atoms in total. The summed E-state index contributed by atoms with van der Waals surface area (Å²) in [5, 5.41) is 16.8. The number of anilines is 1.